The molecule has 0 spiro atoms. The lowest BCUT2D eigenvalue weighted by Gasteiger charge is -2.12. The maximum atomic E-state index is 14.9. The third-order valence-corrected chi connectivity index (χ3v) is 8.13. The normalized spacial score (nSPS) is 11.4. The number of aromatic nitrogens is 1. The van der Waals surface area contributed by atoms with Crippen LogP contribution in [0.15, 0.2) is 63.7 Å². The second-order valence-electron chi connectivity index (χ2n) is 6.94. The van der Waals surface area contributed by atoms with E-state index < -0.39 is 27.4 Å². The van der Waals surface area contributed by atoms with Gasteiger partial charge in [0.05, 0.1) is 20.7 Å². The monoisotopic (exact) mass is 540 g/mol. The molecule has 4 aromatic rings. The van der Waals surface area contributed by atoms with E-state index in [1.54, 1.807) is 19.2 Å². The number of anilines is 2. The van der Waals surface area contributed by atoms with Crippen LogP contribution >= 0.6 is 34.5 Å². The Bertz CT molecular complexity index is 1600. The highest BCUT2D eigenvalue weighted by molar-refractivity contribution is 7.92. The molecule has 176 valence electrons. The summed E-state index contributed by atoms with van der Waals surface area (Å²) in [5, 5.41) is 6.44. The lowest BCUT2D eigenvalue weighted by molar-refractivity contribution is 0.256. The Morgan fingerprint density at radius 1 is 1.09 bits per heavy atom. The molecule has 2 amide bonds. The number of pyridine rings is 1. The predicted octanol–water partition coefficient (Wildman–Crippen LogP) is 5.05. The molecule has 0 unspecified atom stereocenters. The van der Waals surface area contributed by atoms with Crippen molar-refractivity contribution in [2.24, 2.45) is 0 Å². The van der Waals surface area contributed by atoms with Crippen LogP contribution in [0.3, 0.4) is 0 Å². The van der Waals surface area contributed by atoms with E-state index in [1.807, 2.05) is 4.72 Å². The zero-order chi connectivity index (χ0) is 24.6. The molecule has 0 saturated heterocycles. The number of carbonyl (C=O) groups is 1. The van der Waals surface area contributed by atoms with Crippen LogP contribution in [0, 0.1) is 5.82 Å². The van der Waals surface area contributed by atoms with Crippen molar-refractivity contribution in [2.75, 3.05) is 17.7 Å². The molecule has 2 aromatic carbocycles. The number of benzene rings is 2. The minimum Gasteiger partial charge on any atom is -0.387 e. The summed E-state index contributed by atoms with van der Waals surface area (Å²) in [6.07, 6.45) is 1.43. The zero-order valence-electron chi connectivity index (χ0n) is 17.2. The summed E-state index contributed by atoms with van der Waals surface area (Å²) in [5.74, 6) is -0.815. The fourth-order valence-corrected chi connectivity index (χ4v) is 5.85. The quantitative estimate of drug-likeness (QED) is 0.328. The SMILES string of the molecule is CNc1cc2ccn(-c3ccc(NC(=O)NS(=O)(=O)c4ccc(Cl)s4)cc3F)c(=O)c2cc1Cl. The van der Waals surface area contributed by atoms with Crippen molar-refractivity contribution in [1.82, 2.24) is 9.29 Å². The molecule has 4 rings (SSSR count). The number of urea groups is 1. The van der Waals surface area contributed by atoms with Gasteiger partial charge in [0.15, 0.2) is 0 Å². The van der Waals surface area contributed by atoms with Gasteiger partial charge in [0, 0.05) is 24.3 Å². The Morgan fingerprint density at radius 3 is 2.50 bits per heavy atom. The molecule has 0 aliphatic rings. The molecule has 34 heavy (non-hydrogen) atoms. The van der Waals surface area contributed by atoms with Gasteiger partial charge in [0.2, 0.25) is 0 Å². The average Bonchev–Trinajstić information content (AvgIpc) is 3.22. The van der Waals surface area contributed by atoms with E-state index in [-0.39, 0.29) is 19.9 Å². The predicted molar refractivity (Wildman–Crippen MR) is 133 cm³/mol. The van der Waals surface area contributed by atoms with Gasteiger partial charge in [-0.2, -0.15) is 0 Å². The van der Waals surface area contributed by atoms with Crippen LogP contribution in [-0.4, -0.2) is 26.1 Å². The van der Waals surface area contributed by atoms with E-state index in [0.717, 1.165) is 22.0 Å². The molecule has 0 aliphatic carbocycles. The van der Waals surface area contributed by atoms with Gasteiger partial charge in [0.1, 0.15) is 10.0 Å². The largest absolute Gasteiger partial charge is 0.387 e. The van der Waals surface area contributed by atoms with Crippen molar-refractivity contribution in [1.29, 1.82) is 0 Å². The lowest BCUT2D eigenvalue weighted by atomic mass is 10.1. The summed E-state index contributed by atoms with van der Waals surface area (Å²) in [4.78, 5) is 25.1. The Kier molecular flexibility index (Phi) is 6.54. The van der Waals surface area contributed by atoms with Crippen molar-refractivity contribution < 1.29 is 17.6 Å². The summed E-state index contributed by atoms with van der Waals surface area (Å²) >= 11 is 12.7. The molecule has 0 fully saturated rings. The van der Waals surface area contributed by atoms with E-state index in [2.05, 4.69) is 10.6 Å². The van der Waals surface area contributed by atoms with Gasteiger partial charge in [-0.25, -0.2) is 22.3 Å². The van der Waals surface area contributed by atoms with Crippen LogP contribution in [0.4, 0.5) is 20.6 Å². The average molecular weight is 541 g/mol. The number of nitrogens with one attached hydrogen (secondary N) is 3. The van der Waals surface area contributed by atoms with Gasteiger partial charge in [0.25, 0.3) is 15.6 Å². The zero-order valence-corrected chi connectivity index (χ0v) is 20.4. The fourth-order valence-electron chi connectivity index (χ4n) is 3.20. The van der Waals surface area contributed by atoms with E-state index in [1.165, 1.54) is 36.5 Å². The third-order valence-electron chi connectivity index (χ3n) is 4.77. The van der Waals surface area contributed by atoms with Crippen LogP contribution in [0.2, 0.25) is 9.36 Å². The number of thiophene rings is 1. The lowest BCUT2D eigenvalue weighted by Crippen LogP contribution is -2.34. The molecule has 13 heteroatoms. The van der Waals surface area contributed by atoms with Crippen LogP contribution in [-0.2, 0) is 10.0 Å². The Morgan fingerprint density at radius 2 is 1.85 bits per heavy atom. The molecular formula is C21H15Cl2FN4O4S2. The van der Waals surface area contributed by atoms with Gasteiger partial charge in [-0.1, -0.05) is 23.2 Å². The first-order chi connectivity index (χ1) is 16.1. The standard InChI is InChI=1S/C21H15Cl2FN4O4S2/c1-25-16-8-11-6-7-28(20(29)13(11)10-14(16)22)17-3-2-12(9-15(17)24)26-21(30)27-34(31,32)19-5-4-18(23)33-19/h2-10,25H,1H3,(H2,26,27,30). The molecule has 0 bridgehead atoms. The maximum Gasteiger partial charge on any atom is 0.333 e. The molecule has 2 heterocycles. The first kappa shape index (κ1) is 24.0. The number of fused-ring (bicyclic) bond motifs is 1. The summed E-state index contributed by atoms with van der Waals surface area (Å²) in [5.41, 5.74) is 0.0803. The Hall–Kier alpha value is -3.12. The van der Waals surface area contributed by atoms with Gasteiger partial charge in [-0.3, -0.25) is 9.36 Å². The smallest absolute Gasteiger partial charge is 0.333 e. The van der Waals surface area contributed by atoms with E-state index in [4.69, 9.17) is 23.2 Å². The van der Waals surface area contributed by atoms with Crippen molar-refractivity contribution >= 4 is 72.7 Å². The Balaban J connectivity index is 1.59. The molecule has 0 atom stereocenters. The summed E-state index contributed by atoms with van der Waals surface area (Å²) in [6, 6.07) is 10.0. The Labute approximate surface area is 207 Å². The molecule has 3 N–H and O–H groups in total. The highest BCUT2D eigenvalue weighted by Crippen LogP contribution is 2.27. The molecule has 2 aromatic heterocycles. The van der Waals surface area contributed by atoms with Crippen LogP contribution < -0.4 is 20.9 Å². The molecule has 0 aliphatic heterocycles. The highest BCUT2D eigenvalue weighted by atomic mass is 35.5. The van der Waals surface area contributed by atoms with Crippen molar-refractivity contribution in [3.63, 3.8) is 0 Å². The fraction of sp³-hybridized carbons (Fsp3) is 0.0476. The topological polar surface area (TPSA) is 109 Å². The van der Waals surface area contributed by atoms with E-state index in [9.17, 15) is 22.4 Å². The summed E-state index contributed by atoms with van der Waals surface area (Å²) < 4.78 is 42.3. The second-order valence-corrected chi connectivity index (χ2v) is 11.0. The summed E-state index contributed by atoms with van der Waals surface area (Å²) in [6.45, 7) is 0. The van der Waals surface area contributed by atoms with Crippen molar-refractivity contribution in [2.45, 2.75) is 4.21 Å². The van der Waals surface area contributed by atoms with Crippen molar-refractivity contribution in [3.05, 3.63) is 80.3 Å². The number of hydrogen-bond acceptors (Lipinski definition) is 6. The molecule has 8 nitrogen and oxygen atoms in total. The summed E-state index contributed by atoms with van der Waals surface area (Å²) in [7, 11) is -2.44. The number of hydrogen-bond donors (Lipinski definition) is 3. The van der Waals surface area contributed by atoms with Crippen LogP contribution in [0.1, 0.15) is 0 Å². The first-order valence-electron chi connectivity index (χ1n) is 9.51. The van der Waals surface area contributed by atoms with Crippen LogP contribution in [0.25, 0.3) is 16.5 Å². The van der Waals surface area contributed by atoms with E-state index >= 15 is 0 Å². The second kappa shape index (κ2) is 9.26. The van der Waals surface area contributed by atoms with Gasteiger partial charge < -0.3 is 10.6 Å². The van der Waals surface area contributed by atoms with Gasteiger partial charge in [-0.05, 0) is 53.9 Å². The maximum absolute atomic E-state index is 14.9. The third kappa shape index (κ3) is 4.73. The number of halogens is 3. The molecule has 0 radical (unpaired) electrons. The number of amides is 2. The highest BCUT2D eigenvalue weighted by Gasteiger charge is 2.20. The van der Waals surface area contributed by atoms with Crippen molar-refractivity contribution in [3.8, 4) is 5.69 Å². The number of rotatable bonds is 5. The minimum atomic E-state index is -4.14. The number of carbonyl (C=O) groups excluding carboxylic acids is 1. The number of sulfonamides is 1. The van der Waals surface area contributed by atoms with E-state index in [0.29, 0.717) is 21.5 Å². The molecular weight excluding hydrogens is 526 g/mol. The minimum absolute atomic E-state index is 0.0197. The number of nitrogens with zero attached hydrogens (tertiary/aromatic N) is 1. The van der Waals surface area contributed by atoms with Gasteiger partial charge >= 0.3 is 6.03 Å². The first-order valence-corrected chi connectivity index (χ1v) is 12.6. The van der Waals surface area contributed by atoms with Gasteiger partial charge in [-0.15, -0.1) is 11.3 Å². The molecule has 0 saturated carbocycles. The van der Waals surface area contributed by atoms with Crippen LogP contribution in [0.5, 0.6) is 0 Å².